The number of amides is 2. The van der Waals surface area contributed by atoms with Crippen molar-refractivity contribution in [2.45, 2.75) is 200 Å². The van der Waals surface area contributed by atoms with Crippen LogP contribution in [0.15, 0.2) is 108 Å². The van der Waals surface area contributed by atoms with Gasteiger partial charge >= 0.3 is 12.2 Å². The lowest BCUT2D eigenvalue weighted by molar-refractivity contribution is -0.121. The topological polar surface area (TPSA) is 138 Å². The van der Waals surface area contributed by atoms with Gasteiger partial charge in [0.2, 0.25) is 0 Å². The maximum absolute atomic E-state index is 12.3. The number of likely N-dealkylation sites (tertiary alicyclic amines) is 2. The molecule has 0 spiro atoms. The summed E-state index contributed by atoms with van der Waals surface area (Å²) >= 11 is 0. The molecule has 3 heterocycles. The molecule has 2 amide bonds. The van der Waals surface area contributed by atoms with E-state index < -0.39 is 11.2 Å². The smallest absolute Gasteiger partial charge is 0.410 e. The molecule has 3 aliphatic heterocycles. The second-order valence-corrected chi connectivity index (χ2v) is 25.3. The normalized spacial score (nSPS) is 26.7. The quantitative estimate of drug-likeness (QED) is 0.132. The van der Waals surface area contributed by atoms with Crippen molar-refractivity contribution in [2.75, 3.05) is 39.3 Å². The molecule has 3 aliphatic carbocycles. The third kappa shape index (κ3) is 19.1. The van der Waals surface area contributed by atoms with Crippen molar-refractivity contribution in [1.82, 2.24) is 25.8 Å². The van der Waals surface area contributed by atoms with Gasteiger partial charge in [-0.25, -0.2) is 9.59 Å². The summed E-state index contributed by atoms with van der Waals surface area (Å²) in [5.74, 6) is 2.16. The van der Waals surface area contributed by atoms with Crippen molar-refractivity contribution in [2.24, 2.45) is 23.5 Å². The molecule has 3 aromatic carbocycles. The average Bonchev–Trinajstić information content (AvgIpc) is 4.42. The summed E-state index contributed by atoms with van der Waals surface area (Å²) in [6, 6.07) is 32.9. The predicted octanol–water partition coefficient (Wildman–Crippen LogP) is 13.7. The SMILES string of the molecule is CC(C)(C)OC(=O)N1CCC(=O)CC1.CCC1(N)CC1/C(C)=C/c1ccccc1.CCC1(NC2CCN(C(=O)OC(C)(C)C)CC2)CC1/C(C)=C/c1ccccc1.CCC1(NC2CCNCC2)CC1/C(C)=C/c1ccccc1. The van der Waals surface area contributed by atoms with Crippen molar-refractivity contribution in [1.29, 1.82) is 0 Å². The Morgan fingerprint density at radius 2 is 0.923 bits per heavy atom. The number of Topliss-reactive ketones (excluding diaryl/α,β-unsaturated/α-hetero) is 1. The van der Waals surface area contributed by atoms with Gasteiger partial charge in [-0.15, -0.1) is 0 Å². The molecule has 0 radical (unpaired) electrons. The highest BCUT2D eigenvalue weighted by Gasteiger charge is 2.55. The Balaban J connectivity index is 0.000000175. The van der Waals surface area contributed by atoms with Gasteiger partial charge in [-0.05, 0) is 174 Å². The summed E-state index contributed by atoms with van der Waals surface area (Å²) in [6.07, 6.45) is 19.0. The third-order valence-electron chi connectivity index (χ3n) is 16.9. The fourth-order valence-corrected chi connectivity index (χ4v) is 11.8. The van der Waals surface area contributed by atoms with Crippen LogP contribution >= 0.6 is 0 Å². The Morgan fingerprint density at radius 1 is 0.564 bits per heavy atom. The van der Waals surface area contributed by atoms with E-state index in [0.29, 0.717) is 55.4 Å². The first-order valence-corrected chi connectivity index (χ1v) is 29.7. The van der Waals surface area contributed by atoms with Crippen molar-refractivity contribution < 1.29 is 23.9 Å². The fraction of sp³-hybridized carbons (Fsp3) is 0.597. The first-order chi connectivity index (χ1) is 37.0. The zero-order chi connectivity index (χ0) is 56.7. The second-order valence-electron chi connectivity index (χ2n) is 25.3. The summed E-state index contributed by atoms with van der Waals surface area (Å²) in [5.41, 5.74) is 14.3. The minimum absolute atomic E-state index is 0.0926. The van der Waals surface area contributed by atoms with Gasteiger partial charge in [0.25, 0.3) is 0 Å². The molecule has 3 saturated heterocycles. The highest BCUT2D eigenvalue weighted by Crippen LogP contribution is 2.53. The molecule has 428 valence electrons. The zero-order valence-electron chi connectivity index (χ0n) is 50.0. The summed E-state index contributed by atoms with van der Waals surface area (Å²) in [4.78, 5) is 38.2. The van der Waals surface area contributed by atoms with Gasteiger partial charge in [0.05, 0.1) is 0 Å². The standard InChI is InChI=1S/C24H36N2O2.C19H28N2.C14H19N.C10H17NO3/c1-6-24(17-21(24)18(2)16-19-10-8-7-9-11-19)25-20-12-14-26(15-13-20)22(27)28-23(3,4)5;1-3-19(21-17-9-11-20-12-10-17)14-18(19)15(2)13-16-7-5-4-6-8-16;1-3-14(15)10-13(14)11(2)9-12-7-5-4-6-8-12;1-10(2,3)14-9(13)11-6-4-8(12)5-7-11/h7-11,16,20-21,25H,6,12-15,17H2,1-5H3;4-8,13,17-18,20-21H,3,9-12,14H2,1-2H3;4-9,13H,3,10,15H2,1-2H3;4-7H2,1-3H3/b18-16+;15-13+;11-9+;. The van der Waals surface area contributed by atoms with E-state index in [4.69, 9.17) is 15.2 Å². The Morgan fingerprint density at radius 3 is 1.27 bits per heavy atom. The summed E-state index contributed by atoms with van der Waals surface area (Å²) in [6.45, 7) is 29.7. The molecule has 6 aliphatic rings. The average molecular weight is 1070 g/mol. The van der Waals surface area contributed by atoms with Gasteiger partial charge < -0.3 is 41.0 Å². The summed E-state index contributed by atoms with van der Waals surface area (Å²) in [5, 5.41) is 11.4. The predicted molar refractivity (Wildman–Crippen MR) is 323 cm³/mol. The van der Waals surface area contributed by atoms with Gasteiger partial charge in [0.15, 0.2) is 0 Å². The Labute approximate surface area is 471 Å². The molecular weight excluding hydrogens is 969 g/mol. The van der Waals surface area contributed by atoms with E-state index in [9.17, 15) is 14.4 Å². The Bertz CT molecular complexity index is 2460. The number of benzene rings is 3. The van der Waals surface area contributed by atoms with Crippen molar-refractivity contribution in [3.05, 3.63) is 124 Å². The van der Waals surface area contributed by atoms with Gasteiger partial charge in [0.1, 0.15) is 17.0 Å². The number of hydrogen-bond donors (Lipinski definition) is 4. The largest absolute Gasteiger partial charge is 0.444 e. The highest BCUT2D eigenvalue weighted by atomic mass is 16.6. The van der Waals surface area contributed by atoms with Crippen molar-refractivity contribution in [3.63, 3.8) is 0 Å². The Hall–Kier alpha value is -5.07. The fourth-order valence-electron chi connectivity index (χ4n) is 11.8. The van der Waals surface area contributed by atoms with Crippen LogP contribution in [0.1, 0.15) is 177 Å². The molecule has 9 rings (SSSR count). The lowest BCUT2D eigenvalue weighted by Gasteiger charge is -2.35. The Kier molecular flexibility index (Phi) is 22.2. The van der Waals surface area contributed by atoms with Gasteiger partial charge in [-0.1, -0.05) is 147 Å². The summed E-state index contributed by atoms with van der Waals surface area (Å²) < 4.78 is 10.7. The van der Waals surface area contributed by atoms with E-state index in [1.165, 1.54) is 78.6 Å². The number of carbonyl (C=O) groups is 3. The number of ketones is 1. The molecule has 6 atom stereocenters. The van der Waals surface area contributed by atoms with Crippen LogP contribution in [0, 0.1) is 17.8 Å². The first kappa shape index (κ1) is 62.1. The molecular formula is C67H100N6O5. The lowest BCUT2D eigenvalue weighted by Crippen LogP contribution is -2.50. The molecule has 11 heteroatoms. The molecule has 0 bridgehead atoms. The molecule has 11 nitrogen and oxygen atoms in total. The van der Waals surface area contributed by atoms with E-state index >= 15 is 0 Å². The van der Waals surface area contributed by atoms with Gasteiger partial charge in [0, 0.05) is 67.7 Å². The van der Waals surface area contributed by atoms with Crippen molar-refractivity contribution >= 4 is 36.2 Å². The first-order valence-electron chi connectivity index (χ1n) is 29.7. The molecule has 5 N–H and O–H groups in total. The molecule has 0 aromatic heterocycles. The number of hydrogen-bond acceptors (Lipinski definition) is 9. The molecule has 6 fully saturated rings. The van der Waals surface area contributed by atoms with E-state index in [1.807, 2.05) is 52.5 Å². The van der Waals surface area contributed by atoms with Crippen LogP contribution in [0.4, 0.5) is 9.59 Å². The molecule has 3 aromatic rings. The van der Waals surface area contributed by atoms with Crippen LogP contribution in [-0.4, -0.2) is 107 Å². The van der Waals surface area contributed by atoms with Crippen LogP contribution in [-0.2, 0) is 14.3 Å². The maximum Gasteiger partial charge on any atom is 0.410 e. The van der Waals surface area contributed by atoms with Crippen LogP contribution in [0.3, 0.4) is 0 Å². The number of nitrogens with zero attached hydrogens (tertiary/aromatic N) is 2. The number of carbonyl (C=O) groups excluding carboxylic acids is 3. The number of rotatable bonds is 13. The van der Waals surface area contributed by atoms with E-state index in [2.05, 4.69) is 161 Å². The molecule has 3 saturated carbocycles. The molecule has 6 unspecified atom stereocenters. The number of ether oxygens (including phenoxy) is 2. The number of nitrogens with two attached hydrogens (primary N) is 1. The van der Waals surface area contributed by atoms with Crippen LogP contribution in [0.25, 0.3) is 18.2 Å². The van der Waals surface area contributed by atoms with E-state index in [0.717, 1.165) is 51.1 Å². The van der Waals surface area contributed by atoms with Crippen molar-refractivity contribution in [3.8, 4) is 0 Å². The minimum Gasteiger partial charge on any atom is -0.444 e. The lowest BCUT2D eigenvalue weighted by atomic mass is 9.99. The minimum atomic E-state index is -0.460. The highest BCUT2D eigenvalue weighted by molar-refractivity contribution is 5.81. The molecule has 78 heavy (non-hydrogen) atoms. The van der Waals surface area contributed by atoms with Gasteiger partial charge in [-0.2, -0.15) is 0 Å². The van der Waals surface area contributed by atoms with E-state index in [-0.39, 0.29) is 29.0 Å². The maximum atomic E-state index is 12.3. The number of piperidine rings is 3. The van der Waals surface area contributed by atoms with Crippen LogP contribution < -0.4 is 21.7 Å². The summed E-state index contributed by atoms with van der Waals surface area (Å²) in [7, 11) is 0. The van der Waals surface area contributed by atoms with Crippen LogP contribution in [0.5, 0.6) is 0 Å². The van der Waals surface area contributed by atoms with Crippen LogP contribution in [0.2, 0.25) is 0 Å². The monoisotopic (exact) mass is 1070 g/mol. The van der Waals surface area contributed by atoms with E-state index in [1.54, 1.807) is 4.90 Å². The zero-order valence-corrected chi connectivity index (χ0v) is 50.0. The van der Waals surface area contributed by atoms with Gasteiger partial charge in [-0.3, -0.25) is 4.79 Å². The number of nitrogens with one attached hydrogen (secondary N) is 3. The third-order valence-corrected chi connectivity index (χ3v) is 16.9. The second kappa shape index (κ2) is 27.9.